The van der Waals surface area contributed by atoms with Crippen LogP contribution in [0.3, 0.4) is 0 Å². The number of carbonyl (C=O) groups excluding carboxylic acids is 1. The third-order valence-electron chi connectivity index (χ3n) is 3.00. The van der Waals surface area contributed by atoms with Gasteiger partial charge in [-0.3, -0.25) is 4.79 Å². The first kappa shape index (κ1) is 13.9. The van der Waals surface area contributed by atoms with E-state index in [1.807, 2.05) is 30.3 Å². The summed E-state index contributed by atoms with van der Waals surface area (Å²) in [5.41, 5.74) is 1.40. The molecule has 2 aromatic carbocycles. The van der Waals surface area contributed by atoms with Gasteiger partial charge in [0.05, 0.1) is 5.56 Å². The van der Waals surface area contributed by atoms with Crippen molar-refractivity contribution in [1.82, 2.24) is 5.32 Å². The number of hydrogen-bond acceptors (Lipinski definition) is 3. The van der Waals surface area contributed by atoms with Crippen molar-refractivity contribution >= 4 is 5.91 Å². The van der Waals surface area contributed by atoms with Gasteiger partial charge in [0.1, 0.15) is 11.5 Å². The lowest BCUT2D eigenvalue weighted by Gasteiger charge is -2.07. The van der Waals surface area contributed by atoms with Gasteiger partial charge in [-0.1, -0.05) is 30.3 Å². The number of phenols is 2. The first-order chi connectivity index (χ1) is 9.66. The minimum atomic E-state index is -0.337. The fraction of sp³-hybridized carbons (Fsp3) is 0.188. The molecule has 4 heteroatoms. The molecule has 0 spiro atoms. The molecule has 0 atom stereocenters. The molecule has 0 radical (unpaired) electrons. The monoisotopic (exact) mass is 271 g/mol. The fourth-order valence-corrected chi connectivity index (χ4v) is 1.95. The van der Waals surface area contributed by atoms with Gasteiger partial charge in [0, 0.05) is 12.6 Å². The predicted molar refractivity (Wildman–Crippen MR) is 76.9 cm³/mol. The molecule has 0 aliphatic rings. The van der Waals surface area contributed by atoms with E-state index in [0.29, 0.717) is 6.54 Å². The van der Waals surface area contributed by atoms with E-state index >= 15 is 0 Å². The Bertz CT molecular complexity index is 582. The Hall–Kier alpha value is -2.49. The van der Waals surface area contributed by atoms with E-state index < -0.39 is 0 Å². The molecule has 0 saturated heterocycles. The Morgan fingerprint density at radius 3 is 2.50 bits per heavy atom. The van der Waals surface area contributed by atoms with Crippen molar-refractivity contribution in [2.75, 3.05) is 6.54 Å². The van der Waals surface area contributed by atoms with Crippen molar-refractivity contribution in [2.24, 2.45) is 0 Å². The molecule has 2 aromatic rings. The second kappa shape index (κ2) is 6.61. The number of benzene rings is 2. The summed E-state index contributed by atoms with van der Waals surface area (Å²) in [4.78, 5) is 11.8. The van der Waals surface area contributed by atoms with Gasteiger partial charge >= 0.3 is 0 Å². The van der Waals surface area contributed by atoms with Crippen molar-refractivity contribution in [1.29, 1.82) is 0 Å². The van der Waals surface area contributed by atoms with Crippen LogP contribution in [0.5, 0.6) is 11.5 Å². The van der Waals surface area contributed by atoms with Crippen LogP contribution < -0.4 is 5.32 Å². The zero-order valence-electron chi connectivity index (χ0n) is 11.0. The van der Waals surface area contributed by atoms with Crippen LogP contribution in [0.4, 0.5) is 0 Å². The van der Waals surface area contributed by atoms with Gasteiger partial charge in [0.15, 0.2) is 0 Å². The maximum absolute atomic E-state index is 11.8. The number of aryl methyl sites for hydroxylation is 1. The smallest absolute Gasteiger partial charge is 0.255 e. The molecule has 0 heterocycles. The number of hydrogen-bond donors (Lipinski definition) is 3. The molecule has 1 amide bonds. The zero-order chi connectivity index (χ0) is 14.4. The minimum absolute atomic E-state index is 0.0665. The van der Waals surface area contributed by atoms with E-state index in [4.69, 9.17) is 5.11 Å². The van der Waals surface area contributed by atoms with Crippen LogP contribution in [0.2, 0.25) is 0 Å². The standard InChI is InChI=1S/C16H17NO3/c18-13-8-9-14(15(19)11-13)16(20)17-10-4-7-12-5-2-1-3-6-12/h1-3,5-6,8-9,11,18-19H,4,7,10H2,(H,17,20). The summed E-state index contributed by atoms with van der Waals surface area (Å²) in [5, 5.41) is 21.5. The first-order valence-electron chi connectivity index (χ1n) is 6.51. The van der Waals surface area contributed by atoms with Crippen LogP contribution >= 0.6 is 0 Å². The highest BCUT2D eigenvalue weighted by Crippen LogP contribution is 2.22. The molecular weight excluding hydrogens is 254 g/mol. The van der Waals surface area contributed by atoms with Gasteiger partial charge in [-0.25, -0.2) is 0 Å². The molecule has 0 saturated carbocycles. The summed E-state index contributed by atoms with van der Waals surface area (Å²) < 4.78 is 0. The normalized spacial score (nSPS) is 10.2. The highest BCUT2D eigenvalue weighted by molar-refractivity contribution is 5.96. The number of aromatic hydroxyl groups is 2. The van der Waals surface area contributed by atoms with E-state index in [-0.39, 0.29) is 23.0 Å². The van der Waals surface area contributed by atoms with Gasteiger partial charge < -0.3 is 15.5 Å². The number of nitrogens with one attached hydrogen (secondary N) is 1. The molecule has 0 bridgehead atoms. The topological polar surface area (TPSA) is 69.6 Å². The van der Waals surface area contributed by atoms with E-state index in [2.05, 4.69) is 5.32 Å². The zero-order valence-corrected chi connectivity index (χ0v) is 11.0. The summed E-state index contributed by atoms with van der Waals surface area (Å²) in [6, 6.07) is 14.0. The fourth-order valence-electron chi connectivity index (χ4n) is 1.95. The molecule has 104 valence electrons. The third-order valence-corrected chi connectivity index (χ3v) is 3.00. The lowest BCUT2D eigenvalue weighted by Crippen LogP contribution is -2.24. The molecule has 0 aromatic heterocycles. The Labute approximate surface area is 117 Å². The molecular formula is C16H17NO3. The summed E-state index contributed by atoms with van der Waals surface area (Å²) in [7, 11) is 0. The van der Waals surface area contributed by atoms with Gasteiger partial charge in [-0.15, -0.1) is 0 Å². The number of rotatable bonds is 5. The third kappa shape index (κ3) is 3.75. The molecule has 2 rings (SSSR count). The maximum atomic E-state index is 11.8. The van der Waals surface area contributed by atoms with Gasteiger partial charge in [0.2, 0.25) is 0 Å². The molecule has 0 fully saturated rings. The predicted octanol–water partition coefficient (Wildman–Crippen LogP) is 2.46. The first-order valence-corrected chi connectivity index (χ1v) is 6.51. The van der Waals surface area contributed by atoms with Crippen LogP contribution in [0.15, 0.2) is 48.5 Å². The Morgan fingerprint density at radius 2 is 1.80 bits per heavy atom. The van der Waals surface area contributed by atoms with Crippen molar-refractivity contribution in [2.45, 2.75) is 12.8 Å². The Morgan fingerprint density at radius 1 is 1.05 bits per heavy atom. The largest absolute Gasteiger partial charge is 0.508 e. The van der Waals surface area contributed by atoms with Crippen LogP contribution in [-0.4, -0.2) is 22.7 Å². The summed E-state index contributed by atoms with van der Waals surface area (Å²) >= 11 is 0. The molecule has 20 heavy (non-hydrogen) atoms. The average Bonchev–Trinajstić information content (AvgIpc) is 2.44. The summed E-state index contributed by atoms with van der Waals surface area (Å²) in [6.45, 7) is 0.536. The number of amides is 1. The van der Waals surface area contributed by atoms with Crippen LogP contribution in [0.1, 0.15) is 22.3 Å². The minimum Gasteiger partial charge on any atom is -0.508 e. The van der Waals surface area contributed by atoms with Crippen LogP contribution in [-0.2, 0) is 6.42 Å². The number of carbonyl (C=O) groups is 1. The van der Waals surface area contributed by atoms with Crippen LogP contribution in [0.25, 0.3) is 0 Å². The van der Waals surface area contributed by atoms with Crippen molar-refractivity contribution < 1.29 is 15.0 Å². The summed E-state index contributed by atoms with van der Waals surface area (Å²) in [5.74, 6) is -0.621. The molecule has 0 aliphatic carbocycles. The van der Waals surface area contributed by atoms with Crippen molar-refractivity contribution in [3.05, 3.63) is 59.7 Å². The van der Waals surface area contributed by atoms with Crippen molar-refractivity contribution in [3.63, 3.8) is 0 Å². The lowest BCUT2D eigenvalue weighted by atomic mass is 10.1. The molecule has 0 unspecified atom stereocenters. The lowest BCUT2D eigenvalue weighted by molar-refractivity contribution is 0.0950. The molecule has 0 aliphatic heterocycles. The molecule has 3 N–H and O–H groups in total. The Kier molecular flexibility index (Phi) is 4.60. The van der Waals surface area contributed by atoms with Gasteiger partial charge in [-0.2, -0.15) is 0 Å². The van der Waals surface area contributed by atoms with Gasteiger partial charge in [0.25, 0.3) is 5.91 Å². The quantitative estimate of drug-likeness (QED) is 0.732. The second-order valence-electron chi connectivity index (χ2n) is 4.55. The molecule has 4 nitrogen and oxygen atoms in total. The second-order valence-corrected chi connectivity index (χ2v) is 4.55. The highest BCUT2D eigenvalue weighted by atomic mass is 16.3. The van der Waals surface area contributed by atoms with E-state index in [1.165, 1.54) is 17.7 Å². The number of phenolic OH excluding ortho intramolecular Hbond substituents is 2. The van der Waals surface area contributed by atoms with E-state index in [0.717, 1.165) is 18.9 Å². The van der Waals surface area contributed by atoms with E-state index in [1.54, 1.807) is 0 Å². The van der Waals surface area contributed by atoms with Crippen molar-refractivity contribution in [3.8, 4) is 11.5 Å². The van der Waals surface area contributed by atoms with Crippen LogP contribution in [0, 0.1) is 0 Å². The summed E-state index contributed by atoms with van der Waals surface area (Å²) in [6.07, 6.45) is 1.72. The Balaban J connectivity index is 1.80. The van der Waals surface area contributed by atoms with Gasteiger partial charge in [-0.05, 0) is 30.5 Å². The van der Waals surface area contributed by atoms with E-state index in [9.17, 15) is 9.90 Å². The maximum Gasteiger partial charge on any atom is 0.255 e. The highest BCUT2D eigenvalue weighted by Gasteiger charge is 2.10. The SMILES string of the molecule is O=C(NCCCc1ccccc1)c1ccc(O)cc1O. The average molecular weight is 271 g/mol.